The average molecular weight is 807 g/mol. The van der Waals surface area contributed by atoms with Crippen LogP contribution in [0.4, 0.5) is 0 Å². The zero-order valence-electron chi connectivity index (χ0n) is 34.2. The van der Waals surface area contributed by atoms with Gasteiger partial charge < -0.3 is 13.3 Å². The number of fused-ring (bicyclic) bond motifs is 9. The SMILES string of the molecule is C1=CC(c2cccc(-c3ccc4oc5ccccc5c4c3)c2)CC=C1c1ccc2oc3ccccc3c2c1-c1ccc(-c2cccc(-c3cccc4c3oc3ccccc34)c2)cc1. The Bertz CT molecular complexity index is 3830. The van der Waals surface area contributed by atoms with Crippen LogP contribution >= 0.6 is 0 Å². The van der Waals surface area contributed by atoms with Crippen LogP contribution in [0.2, 0.25) is 0 Å². The first-order valence-electron chi connectivity index (χ1n) is 21.7. The van der Waals surface area contributed by atoms with Crippen molar-refractivity contribution in [1.29, 1.82) is 0 Å². The van der Waals surface area contributed by atoms with Gasteiger partial charge in [0.1, 0.15) is 33.5 Å². The molecule has 0 saturated heterocycles. The molecule has 0 amide bonds. The van der Waals surface area contributed by atoms with Gasteiger partial charge in [-0.1, -0.05) is 170 Å². The van der Waals surface area contributed by atoms with Crippen LogP contribution in [-0.4, -0.2) is 0 Å². The fraction of sp³-hybridized carbons (Fsp3) is 0.0333. The molecule has 1 aliphatic carbocycles. The van der Waals surface area contributed by atoms with E-state index in [2.05, 4.69) is 182 Å². The van der Waals surface area contributed by atoms with E-state index in [4.69, 9.17) is 13.3 Å². The second-order valence-electron chi connectivity index (χ2n) is 16.7. The van der Waals surface area contributed by atoms with Crippen molar-refractivity contribution in [1.82, 2.24) is 0 Å². The Morgan fingerprint density at radius 1 is 0.365 bits per heavy atom. The molecule has 0 bridgehead atoms. The quantitative estimate of drug-likeness (QED) is 0.168. The highest BCUT2D eigenvalue weighted by Gasteiger charge is 2.21. The summed E-state index contributed by atoms with van der Waals surface area (Å²) in [6, 6.07) is 69.1. The Balaban J connectivity index is 0.843. The van der Waals surface area contributed by atoms with E-state index in [0.717, 1.165) is 100 Å². The molecule has 1 atom stereocenters. The first kappa shape index (κ1) is 35.6. The van der Waals surface area contributed by atoms with Crippen LogP contribution in [0, 0.1) is 0 Å². The Morgan fingerprint density at radius 2 is 0.952 bits per heavy atom. The Hall–Kier alpha value is -8.14. The number of furan rings is 3. The highest BCUT2D eigenvalue weighted by Crippen LogP contribution is 2.44. The molecular weight excluding hydrogens is 769 g/mol. The molecule has 12 aromatic rings. The summed E-state index contributed by atoms with van der Waals surface area (Å²) >= 11 is 0. The number of rotatable bonds is 6. The van der Waals surface area contributed by atoms with Crippen LogP contribution in [0.3, 0.4) is 0 Å². The summed E-state index contributed by atoms with van der Waals surface area (Å²) in [6.07, 6.45) is 8.02. The molecule has 3 nitrogen and oxygen atoms in total. The lowest BCUT2D eigenvalue weighted by Gasteiger charge is -2.20. The van der Waals surface area contributed by atoms with Gasteiger partial charge in [-0.05, 0) is 99.0 Å². The summed E-state index contributed by atoms with van der Waals surface area (Å²) in [5, 5.41) is 6.83. The number of para-hydroxylation sites is 4. The highest BCUT2D eigenvalue weighted by molar-refractivity contribution is 6.15. The maximum atomic E-state index is 6.47. The maximum Gasteiger partial charge on any atom is 0.143 e. The van der Waals surface area contributed by atoms with Gasteiger partial charge in [0.2, 0.25) is 0 Å². The zero-order chi connectivity index (χ0) is 41.4. The summed E-state index contributed by atoms with van der Waals surface area (Å²) in [7, 11) is 0. The van der Waals surface area contributed by atoms with Gasteiger partial charge in [-0.3, -0.25) is 0 Å². The van der Waals surface area contributed by atoms with Crippen molar-refractivity contribution < 1.29 is 13.3 Å². The Kier molecular flexibility index (Phi) is 8.04. The molecule has 0 fully saturated rings. The number of hydrogen-bond donors (Lipinski definition) is 0. The van der Waals surface area contributed by atoms with Gasteiger partial charge in [0, 0.05) is 49.4 Å². The second kappa shape index (κ2) is 14.2. The van der Waals surface area contributed by atoms with Crippen molar-refractivity contribution in [3.8, 4) is 44.5 Å². The van der Waals surface area contributed by atoms with E-state index in [1.54, 1.807) is 0 Å². The summed E-state index contributed by atoms with van der Waals surface area (Å²) in [5.74, 6) is 0.267. The van der Waals surface area contributed by atoms with Gasteiger partial charge in [0.25, 0.3) is 0 Å². The third-order valence-electron chi connectivity index (χ3n) is 13.1. The van der Waals surface area contributed by atoms with E-state index in [1.807, 2.05) is 30.3 Å². The minimum atomic E-state index is 0.267. The molecule has 1 unspecified atom stereocenters. The van der Waals surface area contributed by atoms with Gasteiger partial charge in [-0.15, -0.1) is 0 Å². The third-order valence-corrected chi connectivity index (χ3v) is 13.1. The van der Waals surface area contributed by atoms with E-state index in [1.165, 1.54) is 33.4 Å². The summed E-state index contributed by atoms with van der Waals surface area (Å²) < 4.78 is 19.0. The lowest BCUT2D eigenvalue weighted by molar-refractivity contribution is 0.668. The van der Waals surface area contributed by atoms with Crippen molar-refractivity contribution in [2.45, 2.75) is 12.3 Å². The molecule has 0 aliphatic heterocycles. The van der Waals surface area contributed by atoms with Crippen molar-refractivity contribution >= 4 is 71.4 Å². The average Bonchev–Trinajstić information content (AvgIpc) is 4.05. The van der Waals surface area contributed by atoms with Crippen molar-refractivity contribution in [3.05, 3.63) is 223 Å². The Labute approximate surface area is 363 Å². The molecule has 9 aromatic carbocycles. The molecule has 3 heterocycles. The predicted molar refractivity (Wildman–Crippen MR) is 261 cm³/mol. The van der Waals surface area contributed by atoms with E-state index < -0.39 is 0 Å². The first-order chi connectivity index (χ1) is 31.2. The third kappa shape index (κ3) is 5.89. The molecule has 0 saturated carbocycles. The lowest BCUT2D eigenvalue weighted by atomic mass is 9.84. The topological polar surface area (TPSA) is 39.4 Å². The summed E-state index contributed by atoms with van der Waals surface area (Å²) in [4.78, 5) is 0. The van der Waals surface area contributed by atoms with Gasteiger partial charge >= 0.3 is 0 Å². The van der Waals surface area contributed by atoms with E-state index in [9.17, 15) is 0 Å². The van der Waals surface area contributed by atoms with Crippen LogP contribution in [0.25, 0.3) is 116 Å². The monoisotopic (exact) mass is 806 g/mol. The van der Waals surface area contributed by atoms with Crippen LogP contribution in [0.5, 0.6) is 0 Å². The summed E-state index contributed by atoms with van der Waals surface area (Å²) in [5.41, 5.74) is 18.5. The van der Waals surface area contributed by atoms with Crippen LogP contribution in [-0.2, 0) is 0 Å². The van der Waals surface area contributed by atoms with Crippen molar-refractivity contribution in [2.24, 2.45) is 0 Å². The van der Waals surface area contributed by atoms with Crippen LogP contribution in [0.1, 0.15) is 23.5 Å². The van der Waals surface area contributed by atoms with Gasteiger partial charge in [-0.2, -0.15) is 0 Å². The maximum absolute atomic E-state index is 6.47. The molecule has 13 rings (SSSR count). The molecule has 0 spiro atoms. The fourth-order valence-electron chi connectivity index (χ4n) is 9.95. The second-order valence-corrected chi connectivity index (χ2v) is 16.7. The first-order valence-corrected chi connectivity index (χ1v) is 21.7. The minimum Gasteiger partial charge on any atom is -0.456 e. The van der Waals surface area contributed by atoms with E-state index >= 15 is 0 Å². The largest absolute Gasteiger partial charge is 0.456 e. The standard InChI is InChI=1S/C60H38O3/c1-5-20-54-48(14-1)50-18-9-17-47(60(50)63-54)45-13-8-11-42(35-45)38-24-28-40(29-25-38)58-46(31-33-57-59(58)51-16-3-6-21-55(51)62-57)39-26-22-37(23-27-39)41-10-7-12-43(34-41)44-30-32-56-52(36-44)49-15-2-4-19-53(49)61-56/h1-22,24-37H,23H2. The normalized spacial score (nSPS) is 14.2. The molecular formula is C60H38O3. The number of benzene rings is 9. The molecule has 0 radical (unpaired) electrons. The fourth-order valence-corrected chi connectivity index (χ4v) is 9.95. The summed E-state index contributed by atoms with van der Waals surface area (Å²) in [6.45, 7) is 0. The van der Waals surface area contributed by atoms with E-state index in [-0.39, 0.29) is 5.92 Å². The predicted octanol–water partition coefficient (Wildman–Crippen LogP) is 17.2. The molecule has 296 valence electrons. The highest BCUT2D eigenvalue weighted by atomic mass is 16.3. The van der Waals surface area contributed by atoms with Crippen LogP contribution in [0.15, 0.2) is 226 Å². The van der Waals surface area contributed by atoms with Gasteiger partial charge in [-0.25, -0.2) is 0 Å². The molecule has 0 N–H and O–H groups in total. The zero-order valence-corrected chi connectivity index (χ0v) is 34.2. The van der Waals surface area contributed by atoms with Crippen molar-refractivity contribution in [2.75, 3.05) is 0 Å². The van der Waals surface area contributed by atoms with Crippen LogP contribution < -0.4 is 0 Å². The van der Waals surface area contributed by atoms with E-state index in [0.29, 0.717) is 0 Å². The van der Waals surface area contributed by atoms with Crippen molar-refractivity contribution in [3.63, 3.8) is 0 Å². The number of hydrogen-bond acceptors (Lipinski definition) is 3. The molecule has 63 heavy (non-hydrogen) atoms. The smallest absolute Gasteiger partial charge is 0.143 e. The van der Waals surface area contributed by atoms with Gasteiger partial charge in [0.05, 0.1) is 0 Å². The minimum absolute atomic E-state index is 0.267. The lowest BCUT2D eigenvalue weighted by Crippen LogP contribution is -2.00. The van der Waals surface area contributed by atoms with Gasteiger partial charge in [0.15, 0.2) is 0 Å². The molecule has 3 heteroatoms. The Morgan fingerprint density at radius 3 is 1.76 bits per heavy atom. The number of allylic oxidation sites excluding steroid dienone is 4. The molecule has 1 aliphatic rings. The molecule has 3 aromatic heterocycles.